The Morgan fingerprint density at radius 2 is 1.79 bits per heavy atom. The lowest BCUT2D eigenvalue weighted by Crippen LogP contribution is -2.24. The zero-order valence-electron chi connectivity index (χ0n) is 19.9. The van der Waals surface area contributed by atoms with Gasteiger partial charge in [-0.15, -0.1) is 0 Å². The molecule has 0 heterocycles. The summed E-state index contributed by atoms with van der Waals surface area (Å²) in [6.45, 7) is 5.93. The van der Waals surface area contributed by atoms with Crippen molar-refractivity contribution in [3.05, 3.63) is 70.4 Å². The van der Waals surface area contributed by atoms with Crippen LogP contribution < -0.4 is 15.1 Å². The third kappa shape index (κ3) is 6.60. The first kappa shape index (κ1) is 26.0. The summed E-state index contributed by atoms with van der Waals surface area (Å²) in [4.78, 5) is 19.7. The van der Waals surface area contributed by atoms with Crippen molar-refractivity contribution in [3.8, 4) is 0 Å². The number of aryl methyl sites for hydroxylation is 1. The Morgan fingerprint density at radius 1 is 1.15 bits per heavy atom. The number of nitrogens with one attached hydrogen (secondary N) is 1. The fraction of sp³-hybridized carbons (Fsp3) is 0.360. The average Bonchev–Trinajstić information content (AvgIpc) is 2.80. The van der Waals surface area contributed by atoms with Gasteiger partial charge in [-0.05, 0) is 55.7 Å². The summed E-state index contributed by atoms with van der Waals surface area (Å²) in [5.41, 5.74) is 3.20. The molecule has 0 spiro atoms. The van der Waals surface area contributed by atoms with Gasteiger partial charge in [-0.25, -0.2) is 4.99 Å². The number of carbonyl (C=O) groups is 1. The van der Waals surface area contributed by atoms with Gasteiger partial charge >= 0.3 is 6.18 Å². The summed E-state index contributed by atoms with van der Waals surface area (Å²) >= 11 is 0. The summed E-state index contributed by atoms with van der Waals surface area (Å²) in [6.07, 6.45) is -0.553. The third-order valence-electron chi connectivity index (χ3n) is 5.36. The van der Waals surface area contributed by atoms with Crippen LogP contribution in [-0.2, 0) is 19.1 Å². The number of hydrogen-bond donors (Lipinski definition) is 1. The highest BCUT2D eigenvalue weighted by Crippen LogP contribution is 2.40. The molecule has 0 fully saturated rings. The predicted octanol–water partition coefficient (Wildman–Crippen LogP) is 5.65. The number of amides is 1. The van der Waals surface area contributed by atoms with Crippen molar-refractivity contribution in [3.63, 3.8) is 0 Å². The van der Waals surface area contributed by atoms with Gasteiger partial charge in [0, 0.05) is 38.9 Å². The van der Waals surface area contributed by atoms with Gasteiger partial charge in [0.1, 0.15) is 0 Å². The molecule has 0 bridgehead atoms. The number of hydrogen-bond acceptors (Lipinski definition) is 3. The highest BCUT2D eigenvalue weighted by molar-refractivity contribution is 5.94. The number of anilines is 2. The number of allylic oxidation sites excluding steroid dienone is 2. The molecule has 1 N–H and O–H groups in total. The SMILES string of the molecule is C/C=C(\C)N=CN(C)c1c(CC)cc(C(F)(F)F)cc1N(C)Cc1ccc(C(=O)NC)cc1. The first-order valence-electron chi connectivity index (χ1n) is 10.7. The molecule has 0 aliphatic carbocycles. The fourth-order valence-electron chi connectivity index (χ4n) is 3.38. The van der Waals surface area contributed by atoms with Crippen molar-refractivity contribution in [1.82, 2.24) is 5.32 Å². The van der Waals surface area contributed by atoms with Crippen LogP contribution in [-0.4, -0.2) is 33.4 Å². The number of rotatable bonds is 8. The molecule has 0 aliphatic heterocycles. The molecule has 33 heavy (non-hydrogen) atoms. The molecule has 0 aromatic heterocycles. The maximum absolute atomic E-state index is 13.7. The smallest absolute Gasteiger partial charge is 0.369 e. The van der Waals surface area contributed by atoms with Gasteiger partial charge in [0.15, 0.2) is 0 Å². The lowest BCUT2D eigenvalue weighted by atomic mass is 10.0. The molecule has 2 aromatic carbocycles. The number of halogens is 3. The fourth-order valence-corrected chi connectivity index (χ4v) is 3.38. The Hall–Kier alpha value is -3.29. The molecular formula is C25H31F3N4O. The molecule has 2 aromatic rings. The standard InChI is InChI=1S/C25H31F3N4O/c1-7-17(3)30-16-32(6)23-19(8-2)13-21(25(26,27)28)14-22(23)31(5)15-18-9-11-20(12-10-18)24(33)29-4/h7,9-14,16H,8,15H2,1-6H3,(H,29,33)/b17-7+,30-16?. The topological polar surface area (TPSA) is 47.9 Å². The van der Waals surface area contributed by atoms with Crippen LogP contribution in [0.3, 0.4) is 0 Å². The van der Waals surface area contributed by atoms with Crippen LogP contribution in [0.5, 0.6) is 0 Å². The van der Waals surface area contributed by atoms with E-state index in [4.69, 9.17) is 0 Å². The van der Waals surface area contributed by atoms with E-state index >= 15 is 0 Å². The molecule has 0 atom stereocenters. The molecule has 2 rings (SSSR count). The van der Waals surface area contributed by atoms with Gasteiger partial charge in [-0.2, -0.15) is 13.2 Å². The summed E-state index contributed by atoms with van der Waals surface area (Å²) in [5.74, 6) is -0.194. The van der Waals surface area contributed by atoms with Crippen molar-refractivity contribution in [2.24, 2.45) is 4.99 Å². The number of alkyl halides is 3. The Bertz CT molecular complexity index is 1030. The lowest BCUT2D eigenvalue weighted by molar-refractivity contribution is -0.137. The molecule has 1 amide bonds. The molecule has 5 nitrogen and oxygen atoms in total. The highest BCUT2D eigenvalue weighted by atomic mass is 19.4. The van der Waals surface area contributed by atoms with Gasteiger partial charge in [0.2, 0.25) is 0 Å². The van der Waals surface area contributed by atoms with Crippen molar-refractivity contribution in [2.75, 3.05) is 30.9 Å². The Balaban J connectivity index is 2.52. The first-order chi connectivity index (χ1) is 15.5. The zero-order valence-corrected chi connectivity index (χ0v) is 19.9. The van der Waals surface area contributed by atoms with Crippen LogP contribution in [0.4, 0.5) is 24.5 Å². The Labute approximate surface area is 193 Å². The lowest BCUT2D eigenvalue weighted by Gasteiger charge is -2.29. The molecule has 0 aliphatic rings. The molecule has 0 unspecified atom stereocenters. The second-order valence-electron chi connectivity index (χ2n) is 7.77. The van der Waals surface area contributed by atoms with E-state index in [-0.39, 0.29) is 5.91 Å². The highest BCUT2D eigenvalue weighted by Gasteiger charge is 2.33. The molecule has 0 saturated heterocycles. The van der Waals surface area contributed by atoms with Gasteiger partial charge in [-0.1, -0.05) is 25.1 Å². The van der Waals surface area contributed by atoms with E-state index in [1.807, 2.05) is 26.8 Å². The Morgan fingerprint density at radius 3 is 2.30 bits per heavy atom. The van der Waals surface area contributed by atoms with Crippen molar-refractivity contribution in [2.45, 2.75) is 39.9 Å². The minimum atomic E-state index is -4.46. The average molecular weight is 461 g/mol. The van der Waals surface area contributed by atoms with E-state index < -0.39 is 11.7 Å². The minimum Gasteiger partial charge on any atom is -0.369 e. The van der Waals surface area contributed by atoms with E-state index in [9.17, 15) is 18.0 Å². The van der Waals surface area contributed by atoms with Crippen molar-refractivity contribution >= 4 is 23.6 Å². The molecule has 0 saturated carbocycles. The van der Waals surface area contributed by atoms with Crippen LogP contribution in [0.25, 0.3) is 0 Å². The van der Waals surface area contributed by atoms with E-state index in [2.05, 4.69) is 10.3 Å². The predicted molar refractivity (Wildman–Crippen MR) is 129 cm³/mol. The zero-order chi connectivity index (χ0) is 24.8. The normalized spacial score (nSPS) is 12.2. The first-order valence-corrected chi connectivity index (χ1v) is 10.7. The monoisotopic (exact) mass is 460 g/mol. The summed E-state index contributed by atoms with van der Waals surface area (Å²) < 4.78 is 41.0. The van der Waals surface area contributed by atoms with Crippen LogP contribution in [0.2, 0.25) is 0 Å². The number of benzene rings is 2. The maximum Gasteiger partial charge on any atom is 0.416 e. The number of aliphatic imine (C=N–C) groups is 1. The molecule has 178 valence electrons. The quantitative estimate of drug-likeness (QED) is 0.409. The van der Waals surface area contributed by atoms with E-state index in [0.29, 0.717) is 35.5 Å². The summed E-state index contributed by atoms with van der Waals surface area (Å²) in [5, 5.41) is 2.57. The van der Waals surface area contributed by atoms with E-state index in [0.717, 1.165) is 11.3 Å². The Kier molecular flexibility index (Phi) is 8.68. The number of nitrogens with zero attached hydrogens (tertiary/aromatic N) is 3. The van der Waals surface area contributed by atoms with E-state index in [1.165, 1.54) is 12.1 Å². The third-order valence-corrected chi connectivity index (χ3v) is 5.36. The van der Waals surface area contributed by atoms with Crippen LogP contribution in [0, 0.1) is 0 Å². The molecule has 0 radical (unpaired) electrons. The van der Waals surface area contributed by atoms with Crippen LogP contribution >= 0.6 is 0 Å². The van der Waals surface area contributed by atoms with Gasteiger partial charge in [0.05, 0.1) is 23.3 Å². The number of carbonyl (C=O) groups excluding carboxylic acids is 1. The maximum atomic E-state index is 13.7. The van der Waals surface area contributed by atoms with Crippen LogP contribution in [0.15, 0.2) is 53.2 Å². The van der Waals surface area contributed by atoms with Crippen LogP contribution in [0.1, 0.15) is 47.8 Å². The second-order valence-corrected chi connectivity index (χ2v) is 7.77. The molecular weight excluding hydrogens is 429 g/mol. The minimum absolute atomic E-state index is 0.194. The van der Waals surface area contributed by atoms with Crippen molar-refractivity contribution in [1.29, 1.82) is 0 Å². The second kappa shape index (κ2) is 11.0. The summed E-state index contributed by atoms with van der Waals surface area (Å²) in [6, 6.07) is 9.39. The summed E-state index contributed by atoms with van der Waals surface area (Å²) in [7, 11) is 5.10. The largest absolute Gasteiger partial charge is 0.416 e. The van der Waals surface area contributed by atoms with Gasteiger partial charge in [-0.3, -0.25) is 4.79 Å². The van der Waals surface area contributed by atoms with E-state index in [1.54, 1.807) is 61.5 Å². The van der Waals surface area contributed by atoms with Gasteiger partial charge in [0.25, 0.3) is 5.91 Å². The molecule has 8 heteroatoms. The van der Waals surface area contributed by atoms with Crippen molar-refractivity contribution < 1.29 is 18.0 Å². The van der Waals surface area contributed by atoms with Gasteiger partial charge < -0.3 is 15.1 Å².